The maximum Gasteiger partial charge on any atom is 0.307 e. The van der Waals surface area contributed by atoms with E-state index in [9.17, 15) is 14.7 Å². The molecule has 1 heterocycles. The first-order valence-corrected chi connectivity index (χ1v) is 6.36. The van der Waals surface area contributed by atoms with E-state index in [4.69, 9.17) is 5.11 Å². The number of nitrogens with zero attached hydrogens (tertiary/aromatic N) is 1. The molecule has 1 amide bonds. The number of hydrogen-bond donors (Lipinski definition) is 2. The molecule has 2 rings (SSSR count). The van der Waals surface area contributed by atoms with Gasteiger partial charge in [0.05, 0.1) is 30.5 Å². The number of aliphatic carboxylic acids is 1. The molecule has 0 unspecified atom stereocenters. The Kier molecular flexibility index (Phi) is 3.43. The Morgan fingerprint density at radius 3 is 2.33 bits per heavy atom. The van der Waals surface area contributed by atoms with E-state index in [0.717, 1.165) is 0 Å². The Morgan fingerprint density at radius 2 is 1.83 bits per heavy atom. The molecule has 2 aliphatic rings. The highest BCUT2D eigenvalue weighted by atomic mass is 16.4. The lowest BCUT2D eigenvalue weighted by molar-refractivity contribution is -0.165. The van der Waals surface area contributed by atoms with Crippen LogP contribution in [0.4, 0.5) is 0 Å². The Balaban J connectivity index is 2.01. The summed E-state index contributed by atoms with van der Waals surface area (Å²) in [6.45, 7) is 2.54. The normalized spacial score (nSPS) is 29.8. The van der Waals surface area contributed by atoms with Gasteiger partial charge in [-0.2, -0.15) is 0 Å². The predicted octanol–water partition coefficient (Wildman–Crippen LogP) is 0.637. The molecule has 1 aliphatic carbocycles. The Morgan fingerprint density at radius 1 is 1.28 bits per heavy atom. The molecule has 0 bridgehead atoms. The molecule has 1 aliphatic heterocycles. The molecule has 0 aromatic rings. The van der Waals surface area contributed by atoms with Crippen molar-refractivity contribution in [1.82, 2.24) is 4.90 Å². The maximum atomic E-state index is 12.2. The number of carboxylic acids is 1. The summed E-state index contributed by atoms with van der Waals surface area (Å²) in [5, 5.41) is 19.0. The molecule has 0 saturated carbocycles. The van der Waals surface area contributed by atoms with Crippen LogP contribution in [0.5, 0.6) is 0 Å². The highest BCUT2D eigenvalue weighted by molar-refractivity contribution is 5.86. The number of aliphatic hydroxyl groups is 1. The number of hydrogen-bond acceptors (Lipinski definition) is 3. The minimum atomic E-state index is -0.913. The van der Waals surface area contributed by atoms with Crippen molar-refractivity contribution in [2.45, 2.75) is 31.8 Å². The lowest BCUT2D eigenvalue weighted by Gasteiger charge is -2.47. The Bertz CT molecular complexity index is 384. The molecule has 0 aromatic carbocycles. The van der Waals surface area contributed by atoms with Crippen molar-refractivity contribution < 1.29 is 19.8 Å². The van der Waals surface area contributed by atoms with Gasteiger partial charge in [0, 0.05) is 0 Å². The minimum Gasteiger partial charge on any atom is -0.481 e. The van der Waals surface area contributed by atoms with E-state index in [1.807, 2.05) is 19.1 Å². The molecule has 18 heavy (non-hydrogen) atoms. The topological polar surface area (TPSA) is 77.8 Å². The smallest absolute Gasteiger partial charge is 0.307 e. The zero-order chi connectivity index (χ0) is 13.3. The summed E-state index contributed by atoms with van der Waals surface area (Å²) >= 11 is 0. The summed E-state index contributed by atoms with van der Waals surface area (Å²) in [5.74, 6) is -2.15. The molecule has 0 radical (unpaired) electrons. The summed E-state index contributed by atoms with van der Waals surface area (Å²) in [5.41, 5.74) is -0.765. The largest absolute Gasteiger partial charge is 0.481 e. The molecule has 0 spiro atoms. The number of carbonyl (C=O) groups is 2. The molecule has 1 fully saturated rings. The van der Waals surface area contributed by atoms with Crippen LogP contribution < -0.4 is 0 Å². The summed E-state index contributed by atoms with van der Waals surface area (Å²) < 4.78 is 0. The predicted molar refractivity (Wildman–Crippen MR) is 64.8 cm³/mol. The van der Waals surface area contributed by atoms with Gasteiger partial charge in [0.15, 0.2) is 0 Å². The van der Waals surface area contributed by atoms with E-state index >= 15 is 0 Å². The third-order valence-electron chi connectivity index (χ3n) is 4.01. The number of β-amino-alcohol motifs (C(OH)–C–C–N with tert-alkyl or cyclic N) is 1. The fourth-order valence-electron chi connectivity index (χ4n) is 2.64. The average molecular weight is 253 g/mol. The first-order chi connectivity index (χ1) is 8.47. The van der Waals surface area contributed by atoms with Crippen LogP contribution >= 0.6 is 0 Å². The van der Waals surface area contributed by atoms with Gasteiger partial charge in [-0.1, -0.05) is 19.1 Å². The van der Waals surface area contributed by atoms with Crippen LogP contribution in [0.2, 0.25) is 0 Å². The SMILES string of the molecule is CCC1(O)CN(C(=O)[C@@H]2CC=CC[C@@H]2C(=O)O)C1. The van der Waals surface area contributed by atoms with Gasteiger partial charge in [-0.3, -0.25) is 9.59 Å². The van der Waals surface area contributed by atoms with Crippen molar-refractivity contribution in [2.24, 2.45) is 11.8 Å². The first-order valence-electron chi connectivity index (χ1n) is 6.36. The molecule has 0 aromatic heterocycles. The minimum absolute atomic E-state index is 0.134. The van der Waals surface area contributed by atoms with E-state index < -0.39 is 23.4 Å². The number of amides is 1. The van der Waals surface area contributed by atoms with Crippen molar-refractivity contribution in [3.05, 3.63) is 12.2 Å². The second kappa shape index (κ2) is 4.72. The second-order valence-electron chi connectivity index (χ2n) is 5.27. The van der Waals surface area contributed by atoms with Crippen molar-refractivity contribution in [3.63, 3.8) is 0 Å². The first kappa shape index (κ1) is 13.1. The summed E-state index contributed by atoms with van der Waals surface area (Å²) in [6, 6.07) is 0. The van der Waals surface area contributed by atoms with Crippen LogP contribution in [0.1, 0.15) is 26.2 Å². The molecular weight excluding hydrogens is 234 g/mol. The summed E-state index contributed by atoms with van der Waals surface area (Å²) in [7, 11) is 0. The van der Waals surface area contributed by atoms with Crippen LogP contribution in [0.15, 0.2) is 12.2 Å². The van der Waals surface area contributed by atoms with Crippen LogP contribution in [-0.2, 0) is 9.59 Å². The number of allylic oxidation sites excluding steroid dienone is 2. The second-order valence-corrected chi connectivity index (χ2v) is 5.27. The lowest BCUT2D eigenvalue weighted by Crippen LogP contribution is -2.64. The van der Waals surface area contributed by atoms with Crippen LogP contribution in [0.25, 0.3) is 0 Å². The molecule has 2 N–H and O–H groups in total. The van der Waals surface area contributed by atoms with Gasteiger partial charge in [-0.05, 0) is 19.3 Å². The molecule has 5 nitrogen and oxygen atoms in total. The van der Waals surface area contributed by atoms with Gasteiger partial charge in [-0.25, -0.2) is 0 Å². The third kappa shape index (κ3) is 2.27. The fraction of sp³-hybridized carbons (Fsp3) is 0.692. The lowest BCUT2D eigenvalue weighted by atomic mass is 9.80. The number of carboxylic acid groups (broad SMARTS) is 1. The zero-order valence-electron chi connectivity index (χ0n) is 10.5. The third-order valence-corrected chi connectivity index (χ3v) is 4.01. The van der Waals surface area contributed by atoms with E-state index in [-0.39, 0.29) is 5.91 Å². The highest BCUT2D eigenvalue weighted by Crippen LogP contribution is 2.32. The van der Waals surface area contributed by atoms with Crippen molar-refractivity contribution in [2.75, 3.05) is 13.1 Å². The Labute approximate surface area is 106 Å². The van der Waals surface area contributed by atoms with Gasteiger partial charge in [0.2, 0.25) is 5.91 Å². The summed E-state index contributed by atoms with van der Waals surface area (Å²) in [6.07, 6.45) is 5.20. The summed E-state index contributed by atoms with van der Waals surface area (Å²) in [4.78, 5) is 24.9. The Hall–Kier alpha value is -1.36. The van der Waals surface area contributed by atoms with Crippen LogP contribution in [-0.4, -0.2) is 45.7 Å². The number of likely N-dealkylation sites (tertiary alicyclic amines) is 1. The number of rotatable bonds is 3. The number of carbonyl (C=O) groups excluding carboxylic acids is 1. The van der Waals surface area contributed by atoms with E-state index in [2.05, 4.69) is 0 Å². The van der Waals surface area contributed by atoms with E-state index in [0.29, 0.717) is 32.4 Å². The molecule has 100 valence electrons. The standard InChI is InChI=1S/C13H19NO4/c1-2-13(18)7-14(8-13)11(15)9-5-3-4-6-10(9)12(16)17/h3-4,9-10,18H,2,5-8H2,1H3,(H,16,17)/t9-,10+/m1/s1. The molecular formula is C13H19NO4. The maximum absolute atomic E-state index is 12.2. The quantitative estimate of drug-likeness (QED) is 0.723. The monoisotopic (exact) mass is 253 g/mol. The van der Waals surface area contributed by atoms with Gasteiger partial charge in [-0.15, -0.1) is 0 Å². The van der Waals surface area contributed by atoms with Crippen molar-refractivity contribution in [1.29, 1.82) is 0 Å². The molecule has 5 heteroatoms. The van der Waals surface area contributed by atoms with Crippen LogP contribution in [0.3, 0.4) is 0 Å². The zero-order valence-corrected chi connectivity index (χ0v) is 10.5. The average Bonchev–Trinajstić information content (AvgIpc) is 2.34. The van der Waals surface area contributed by atoms with Crippen LogP contribution in [0, 0.1) is 11.8 Å². The fourth-order valence-corrected chi connectivity index (χ4v) is 2.64. The van der Waals surface area contributed by atoms with Gasteiger partial charge >= 0.3 is 5.97 Å². The van der Waals surface area contributed by atoms with E-state index in [1.54, 1.807) is 4.90 Å². The highest BCUT2D eigenvalue weighted by Gasteiger charge is 2.46. The van der Waals surface area contributed by atoms with Gasteiger partial charge < -0.3 is 15.1 Å². The van der Waals surface area contributed by atoms with Gasteiger partial charge in [0.25, 0.3) is 0 Å². The van der Waals surface area contributed by atoms with E-state index in [1.165, 1.54) is 0 Å². The van der Waals surface area contributed by atoms with Gasteiger partial charge in [0.1, 0.15) is 0 Å². The molecule has 2 atom stereocenters. The molecule has 1 saturated heterocycles. The van der Waals surface area contributed by atoms with Crippen molar-refractivity contribution >= 4 is 11.9 Å². The van der Waals surface area contributed by atoms with Crippen molar-refractivity contribution in [3.8, 4) is 0 Å².